The molecular weight excluding hydrogens is 316 g/mol. The fourth-order valence-corrected chi connectivity index (χ4v) is 3.49. The molecule has 0 unspecified atom stereocenters. The van der Waals surface area contributed by atoms with Crippen molar-refractivity contribution in [2.24, 2.45) is 0 Å². The highest BCUT2D eigenvalue weighted by Gasteiger charge is 2.36. The van der Waals surface area contributed by atoms with Crippen LogP contribution in [-0.2, 0) is 4.79 Å². The first-order chi connectivity index (χ1) is 12.1. The number of hydrogen-bond acceptors (Lipinski definition) is 3. The fraction of sp³-hybridized carbons (Fsp3) is 0.300. The van der Waals surface area contributed by atoms with Gasteiger partial charge in [0.2, 0.25) is 0 Å². The van der Waals surface area contributed by atoms with Gasteiger partial charge in [-0.1, -0.05) is 36.4 Å². The monoisotopic (exact) mass is 338 g/mol. The van der Waals surface area contributed by atoms with Gasteiger partial charge >= 0.3 is 5.97 Å². The van der Waals surface area contributed by atoms with E-state index >= 15 is 0 Å². The van der Waals surface area contributed by atoms with E-state index in [0.29, 0.717) is 18.7 Å². The summed E-state index contributed by atoms with van der Waals surface area (Å²) in [6.07, 6.45) is -0.0632. The summed E-state index contributed by atoms with van der Waals surface area (Å²) in [6.45, 7) is 3.17. The molecule has 25 heavy (non-hydrogen) atoms. The maximum Gasteiger partial charge on any atom is 0.305 e. The maximum atomic E-state index is 13.0. The number of aliphatic carboxylic acids is 1. The van der Waals surface area contributed by atoms with E-state index in [9.17, 15) is 14.7 Å². The predicted octanol–water partition coefficient (Wildman–Crippen LogP) is 2.88. The number of benzene rings is 2. The molecule has 1 heterocycles. The predicted molar refractivity (Wildman–Crippen MR) is 96.8 cm³/mol. The number of hydrogen-bond donors (Lipinski definition) is 1. The molecule has 1 aliphatic rings. The molecule has 0 aromatic heterocycles. The van der Waals surface area contributed by atoms with E-state index in [-0.39, 0.29) is 24.4 Å². The average molecular weight is 338 g/mol. The Kier molecular flexibility index (Phi) is 5.03. The van der Waals surface area contributed by atoms with E-state index in [1.807, 2.05) is 55.5 Å². The molecule has 5 nitrogen and oxygen atoms in total. The third-order valence-electron chi connectivity index (χ3n) is 4.57. The van der Waals surface area contributed by atoms with Crippen molar-refractivity contribution in [2.75, 3.05) is 18.0 Å². The molecule has 2 aromatic rings. The number of anilines is 1. The summed E-state index contributed by atoms with van der Waals surface area (Å²) in [5.74, 6) is -0.995. The van der Waals surface area contributed by atoms with Crippen molar-refractivity contribution in [3.8, 4) is 0 Å². The molecule has 1 aliphatic heterocycles. The highest BCUT2D eigenvalue weighted by atomic mass is 16.4. The number of nitrogens with zero attached hydrogens (tertiary/aromatic N) is 2. The molecule has 3 rings (SSSR count). The number of carbonyl (C=O) groups excluding carboxylic acids is 1. The summed E-state index contributed by atoms with van der Waals surface area (Å²) in [5, 5.41) is 9.32. The lowest BCUT2D eigenvalue weighted by Crippen LogP contribution is -2.60. The second-order valence-electron chi connectivity index (χ2n) is 6.42. The highest BCUT2D eigenvalue weighted by Crippen LogP contribution is 2.25. The largest absolute Gasteiger partial charge is 0.481 e. The molecule has 130 valence electrons. The van der Waals surface area contributed by atoms with E-state index in [1.165, 1.54) is 0 Å². The van der Waals surface area contributed by atoms with Crippen LogP contribution in [0.4, 0.5) is 5.69 Å². The van der Waals surface area contributed by atoms with E-state index < -0.39 is 5.97 Å². The van der Waals surface area contributed by atoms with Crippen molar-refractivity contribution in [1.82, 2.24) is 4.90 Å². The number of piperazine rings is 1. The van der Waals surface area contributed by atoms with Gasteiger partial charge in [-0.15, -0.1) is 0 Å². The zero-order valence-corrected chi connectivity index (χ0v) is 14.2. The molecule has 1 N–H and O–H groups in total. The minimum absolute atomic E-state index is 0.0632. The summed E-state index contributed by atoms with van der Waals surface area (Å²) in [7, 11) is 0. The van der Waals surface area contributed by atoms with Gasteiger partial charge in [0.1, 0.15) is 0 Å². The Bertz CT molecular complexity index is 733. The van der Waals surface area contributed by atoms with Gasteiger partial charge in [0.05, 0.1) is 12.5 Å². The third-order valence-corrected chi connectivity index (χ3v) is 4.57. The number of carboxylic acids is 1. The normalized spacial score (nSPS) is 20.4. The minimum atomic E-state index is -0.891. The molecule has 1 saturated heterocycles. The van der Waals surface area contributed by atoms with Gasteiger partial charge in [-0.3, -0.25) is 9.59 Å². The zero-order chi connectivity index (χ0) is 17.8. The van der Waals surface area contributed by atoms with Crippen LogP contribution in [0.3, 0.4) is 0 Å². The Balaban J connectivity index is 1.87. The molecule has 0 aliphatic carbocycles. The van der Waals surface area contributed by atoms with E-state index in [1.54, 1.807) is 17.0 Å². The molecular formula is C20H22N2O3. The number of carboxylic acid groups (broad SMARTS) is 1. The molecule has 5 heteroatoms. The number of para-hydroxylation sites is 1. The molecule has 2 atom stereocenters. The van der Waals surface area contributed by atoms with E-state index in [4.69, 9.17) is 0 Å². The number of carbonyl (C=O) groups is 2. The summed E-state index contributed by atoms with van der Waals surface area (Å²) in [4.78, 5) is 28.2. The summed E-state index contributed by atoms with van der Waals surface area (Å²) < 4.78 is 0. The molecule has 0 spiro atoms. The maximum absolute atomic E-state index is 13.0. The average Bonchev–Trinajstić information content (AvgIpc) is 2.62. The SMILES string of the molecule is C[C@@H]1CN(c2ccccc2)C[C@H](CC(=O)O)N1C(=O)c1ccccc1. The lowest BCUT2D eigenvalue weighted by Gasteiger charge is -2.46. The Hall–Kier alpha value is -2.82. The first-order valence-electron chi connectivity index (χ1n) is 8.45. The quantitative estimate of drug-likeness (QED) is 0.931. The Labute approximate surface area is 147 Å². The van der Waals surface area contributed by atoms with Crippen LogP contribution in [0.25, 0.3) is 0 Å². The smallest absolute Gasteiger partial charge is 0.305 e. The fourth-order valence-electron chi connectivity index (χ4n) is 3.49. The molecule has 2 aromatic carbocycles. The van der Waals surface area contributed by atoms with Crippen LogP contribution >= 0.6 is 0 Å². The van der Waals surface area contributed by atoms with Gasteiger partial charge in [-0.2, -0.15) is 0 Å². The molecule has 0 saturated carbocycles. The minimum Gasteiger partial charge on any atom is -0.481 e. The van der Waals surface area contributed by atoms with Crippen LogP contribution < -0.4 is 4.90 Å². The van der Waals surface area contributed by atoms with Crippen molar-refractivity contribution < 1.29 is 14.7 Å². The van der Waals surface area contributed by atoms with E-state index in [0.717, 1.165) is 5.69 Å². The molecule has 1 fully saturated rings. The van der Waals surface area contributed by atoms with Crippen LogP contribution in [0.1, 0.15) is 23.7 Å². The highest BCUT2D eigenvalue weighted by molar-refractivity contribution is 5.95. The Morgan fingerprint density at radius 2 is 1.60 bits per heavy atom. The van der Waals surface area contributed by atoms with Crippen molar-refractivity contribution in [1.29, 1.82) is 0 Å². The first kappa shape index (κ1) is 17.0. The summed E-state index contributed by atoms with van der Waals surface area (Å²) in [5.41, 5.74) is 1.65. The van der Waals surface area contributed by atoms with E-state index in [2.05, 4.69) is 4.90 Å². The van der Waals surface area contributed by atoms with Crippen LogP contribution in [-0.4, -0.2) is 47.1 Å². The zero-order valence-electron chi connectivity index (χ0n) is 14.2. The molecule has 0 bridgehead atoms. The molecule has 1 amide bonds. The number of rotatable bonds is 4. The van der Waals surface area contributed by atoms with Crippen LogP contribution in [0.15, 0.2) is 60.7 Å². The van der Waals surface area contributed by atoms with Crippen LogP contribution in [0, 0.1) is 0 Å². The van der Waals surface area contributed by atoms with Gasteiger partial charge in [0.15, 0.2) is 0 Å². The van der Waals surface area contributed by atoms with Crippen molar-refractivity contribution in [2.45, 2.75) is 25.4 Å². The van der Waals surface area contributed by atoms with Gasteiger partial charge in [-0.05, 0) is 31.2 Å². The van der Waals surface area contributed by atoms with Gasteiger partial charge in [-0.25, -0.2) is 0 Å². The second-order valence-corrected chi connectivity index (χ2v) is 6.42. The Morgan fingerprint density at radius 3 is 2.20 bits per heavy atom. The van der Waals surface area contributed by atoms with Crippen LogP contribution in [0.2, 0.25) is 0 Å². The summed E-state index contributed by atoms with van der Waals surface area (Å²) >= 11 is 0. The molecule has 0 radical (unpaired) electrons. The first-order valence-corrected chi connectivity index (χ1v) is 8.45. The standard InChI is InChI=1S/C20H22N2O3/c1-15-13-21(17-10-6-3-7-11-17)14-18(12-19(23)24)22(15)20(25)16-8-4-2-5-9-16/h2-11,15,18H,12-14H2,1H3,(H,23,24)/t15-,18+/m1/s1. The lowest BCUT2D eigenvalue weighted by molar-refractivity contribution is -0.138. The third kappa shape index (κ3) is 3.82. The lowest BCUT2D eigenvalue weighted by atomic mass is 10.0. The van der Waals surface area contributed by atoms with Crippen molar-refractivity contribution in [3.05, 3.63) is 66.2 Å². The van der Waals surface area contributed by atoms with Crippen molar-refractivity contribution in [3.63, 3.8) is 0 Å². The topological polar surface area (TPSA) is 60.9 Å². The van der Waals surface area contributed by atoms with Gasteiger partial charge in [0, 0.05) is 30.4 Å². The Morgan fingerprint density at radius 1 is 1.00 bits per heavy atom. The second kappa shape index (κ2) is 7.38. The van der Waals surface area contributed by atoms with Crippen LogP contribution in [0.5, 0.6) is 0 Å². The van der Waals surface area contributed by atoms with Crippen molar-refractivity contribution >= 4 is 17.6 Å². The van der Waals surface area contributed by atoms with Gasteiger partial charge < -0.3 is 14.9 Å². The van der Waals surface area contributed by atoms with Gasteiger partial charge in [0.25, 0.3) is 5.91 Å². The summed E-state index contributed by atoms with van der Waals surface area (Å²) in [6, 6.07) is 18.5. The number of amides is 1.